The van der Waals surface area contributed by atoms with E-state index in [4.69, 9.17) is 28.9 Å². The predicted octanol–water partition coefficient (Wildman–Crippen LogP) is 7.34. The second kappa shape index (κ2) is 17.7. The summed E-state index contributed by atoms with van der Waals surface area (Å²) < 4.78 is 21.7. The minimum atomic E-state index is -0.954. The number of benzene rings is 4. The second-order valence-corrected chi connectivity index (χ2v) is 17.1. The van der Waals surface area contributed by atoms with Crippen LogP contribution in [0, 0.1) is 11.8 Å². The molecule has 16 heteroatoms. The standard InChI is InChI=1S/C48H52N8O8/c1-26(2)40(53-47(59)62-4)45(57)55-17-9-12-37(55)43-49-22-36(51-43)30-13-15-32-31(19-30)25-64-39-21-33-29(20-34(32)39)14-16-35-42(33)52-44(50-35)38-18-27(24-61-3)23-56(38)46(58)41(54-48(60)63-5)28-10-7-6-8-11-28/h6-8,10-11,13-16,19-22,26-27,37-38,40-41H,9,12,17-18,23-25H2,1-5H3,(H,49,51)(H,50,52)(H,53,59)(H,54,60)/t27-,37+,38?,40+,41-/m1/s1. The summed E-state index contributed by atoms with van der Waals surface area (Å²) in [6.07, 6.45) is 2.69. The third-order valence-electron chi connectivity index (χ3n) is 12.7. The van der Waals surface area contributed by atoms with Gasteiger partial charge in [-0.3, -0.25) is 9.59 Å². The van der Waals surface area contributed by atoms with Crippen LogP contribution >= 0.6 is 0 Å². The maximum Gasteiger partial charge on any atom is 0.407 e. The third-order valence-corrected chi connectivity index (χ3v) is 12.7. The number of aromatic nitrogens is 4. The van der Waals surface area contributed by atoms with Gasteiger partial charge >= 0.3 is 12.2 Å². The first-order chi connectivity index (χ1) is 31.0. The average Bonchev–Trinajstić information content (AvgIpc) is 4.15. The van der Waals surface area contributed by atoms with Gasteiger partial charge in [-0.15, -0.1) is 0 Å². The fourth-order valence-electron chi connectivity index (χ4n) is 9.54. The molecule has 2 aromatic heterocycles. The van der Waals surface area contributed by atoms with Crippen LogP contribution in [-0.4, -0.2) is 101 Å². The molecule has 4 N–H and O–H groups in total. The largest absolute Gasteiger partial charge is 0.488 e. The molecule has 0 aliphatic carbocycles. The quantitative estimate of drug-likeness (QED) is 0.102. The van der Waals surface area contributed by atoms with Crippen LogP contribution in [0.3, 0.4) is 0 Å². The summed E-state index contributed by atoms with van der Waals surface area (Å²) in [6.45, 7) is 5.64. The molecule has 16 nitrogen and oxygen atoms in total. The number of methoxy groups -OCH3 is 3. The monoisotopic (exact) mass is 868 g/mol. The molecule has 2 fully saturated rings. The van der Waals surface area contributed by atoms with Crippen molar-refractivity contribution in [3.05, 3.63) is 102 Å². The van der Waals surface area contributed by atoms with Crippen LogP contribution < -0.4 is 15.4 Å². The van der Waals surface area contributed by atoms with E-state index in [1.165, 1.54) is 14.2 Å². The molecule has 0 radical (unpaired) electrons. The maximum atomic E-state index is 14.4. The number of H-pyrrole nitrogens is 2. The number of nitrogens with one attached hydrogen (secondary N) is 4. The van der Waals surface area contributed by atoms with Gasteiger partial charge in [-0.1, -0.05) is 62.4 Å². The summed E-state index contributed by atoms with van der Waals surface area (Å²) in [7, 11) is 4.22. The molecular formula is C48H52N8O8. The molecule has 0 saturated carbocycles. The van der Waals surface area contributed by atoms with Crippen LogP contribution in [0.15, 0.2) is 79.0 Å². The van der Waals surface area contributed by atoms with E-state index in [1.807, 2.05) is 50.2 Å². The summed E-state index contributed by atoms with van der Waals surface area (Å²) in [5.74, 6) is 1.63. The lowest BCUT2D eigenvalue weighted by Gasteiger charge is -2.30. The first-order valence-corrected chi connectivity index (χ1v) is 21.7. The van der Waals surface area contributed by atoms with E-state index in [0.29, 0.717) is 49.9 Å². The number of alkyl carbamates (subject to hydrolysis) is 2. The minimum absolute atomic E-state index is 0.0592. The minimum Gasteiger partial charge on any atom is -0.488 e. The lowest BCUT2D eigenvalue weighted by molar-refractivity contribution is -0.136. The molecule has 3 aliphatic heterocycles. The average molecular weight is 869 g/mol. The number of hydrogen-bond donors (Lipinski definition) is 4. The van der Waals surface area contributed by atoms with E-state index in [1.54, 1.807) is 23.1 Å². The number of nitrogens with zero attached hydrogens (tertiary/aromatic N) is 4. The summed E-state index contributed by atoms with van der Waals surface area (Å²) in [4.78, 5) is 73.1. The van der Waals surface area contributed by atoms with Crippen LogP contribution in [-0.2, 0) is 30.4 Å². The summed E-state index contributed by atoms with van der Waals surface area (Å²) in [5, 5.41) is 7.40. The molecule has 1 unspecified atom stereocenters. The van der Waals surface area contributed by atoms with Gasteiger partial charge < -0.3 is 49.3 Å². The van der Waals surface area contributed by atoms with Crippen molar-refractivity contribution in [2.45, 2.75) is 63.9 Å². The van der Waals surface area contributed by atoms with Gasteiger partial charge in [0, 0.05) is 37.1 Å². The van der Waals surface area contributed by atoms with E-state index < -0.39 is 30.3 Å². The van der Waals surface area contributed by atoms with Crippen molar-refractivity contribution in [2.24, 2.45) is 11.8 Å². The molecule has 6 aromatic rings. The first-order valence-electron chi connectivity index (χ1n) is 21.7. The summed E-state index contributed by atoms with van der Waals surface area (Å²) in [5.41, 5.74) is 7.11. The summed E-state index contributed by atoms with van der Waals surface area (Å²) >= 11 is 0. The van der Waals surface area contributed by atoms with Crippen molar-refractivity contribution in [3.63, 3.8) is 0 Å². The molecule has 9 rings (SSSR count). The lowest BCUT2D eigenvalue weighted by Crippen LogP contribution is -2.51. The van der Waals surface area contributed by atoms with Gasteiger partial charge in [-0.25, -0.2) is 19.6 Å². The zero-order valence-corrected chi connectivity index (χ0v) is 36.5. The fraction of sp³-hybridized carbons (Fsp3) is 0.375. The Kier molecular flexibility index (Phi) is 11.7. The van der Waals surface area contributed by atoms with Gasteiger partial charge in [0.2, 0.25) is 5.91 Å². The van der Waals surface area contributed by atoms with Crippen molar-refractivity contribution in [2.75, 3.05) is 41.0 Å². The van der Waals surface area contributed by atoms with Crippen molar-refractivity contribution < 1.29 is 38.1 Å². The number of imidazole rings is 2. The van der Waals surface area contributed by atoms with E-state index >= 15 is 0 Å². The number of amides is 4. The van der Waals surface area contributed by atoms with Crippen molar-refractivity contribution in [1.29, 1.82) is 0 Å². The Hall–Kier alpha value is -6.94. The summed E-state index contributed by atoms with van der Waals surface area (Å²) in [6, 6.07) is 21.4. The highest BCUT2D eigenvalue weighted by Crippen LogP contribution is 2.44. The molecule has 4 aromatic carbocycles. The highest BCUT2D eigenvalue weighted by Gasteiger charge is 2.42. The van der Waals surface area contributed by atoms with E-state index in [-0.39, 0.29) is 29.7 Å². The maximum absolute atomic E-state index is 14.4. The van der Waals surface area contributed by atoms with Gasteiger partial charge in [0.05, 0.1) is 55.8 Å². The van der Waals surface area contributed by atoms with Crippen molar-refractivity contribution in [1.82, 2.24) is 40.4 Å². The number of rotatable bonds is 11. The second-order valence-electron chi connectivity index (χ2n) is 17.1. The normalized spacial score (nSPS) is 18.9. The Morgan fingerprint density at radius 2 is 1.66 bits per heavy atom. The number of likely N-dealkylation sites (tertiary alicyclic amines) is 2. The van der Waals surface area contributed by atoms with Crippen LogP contribution in [0.2, 0.25) is 0 Å². The molecule has 5 heterocycles. The van der Waals surface area contributed by atoms with Crippen LogP contribution in [0.1, 0.15) is 74.0 Å². The molecule has 64 heavy (non-hydrogen) atoms. The Balaban J connectivity index is 0.977. The molecule has 3 aliphatic rings. The van der Waals surface area contributed by atoms with Gasteiger partial charge in [-0.2, -0.15) is 0 Å². The van der Waals surface area contributed by atoms with E-state index in [0.717, 1.165) is 68.3 Å². The lowest BCUT2D eigenvalue weighted by atomic mass is 9.92. The molecule has 2 saturated heterocycles. The number of hydrogen-bond acceptors (Lipinski definition) is 10. The number of carbonyl (C=O) groups is 4. The molecule has 332 valence electrons. The Labute approximate surface area is 370 Å². The van der Waals surface area contributed by atoms with Crippen LogP contribution in [0.25, 0.3) is 44.2 Å². The molecular weight excluding hydrogens is 817 g/mol. The zero-order chi connectivity index (χ0) is 44.6. The van der Waals surface area contributed by atoms with Crippen molar-refractivity contribution >= 4 is 45.8 Å². The highest BCUT2D eigenvalue weighted by molar-refractivity contribution is 6.07. The Bertz CT molecular complexity index is 2730. The molecule has 0 spiro atoms. The topological polar surface area (TPSA) is 193 Å². The highest BCUT2D eigenvalue weighted by atomic mass is 16.5. The molecule has 0 bridgehead atoms. The molecule has 5 atom stereocenters. The van der Waals surface area contributed by atoms with Gasteiger partial charge in [0.1, 0.15) is 36.1 Å². The van der Waals surface area contributed by atoms with Gasteiger partial charge in [0.15, 0.2) is 0 Å². The van der Waals surface area contributed by atoms with Gasteiger partial charge in [0.25, 0.3) is 5.91 Å². The molecule has 4 amide bonds. The predicted molar refractivity (Wildman–Crippen MR) is 238 cm³/mol. The number of ether oxygens (including phenoxy) is 4. The van der Waals surface area contributed by atoms with E-state index in [9.17, 15) is 19.2 Å². The smallest absolute Gasteiger partial charge is 0.407 e. The number of fused-ring (bicyclic) bond motifs is 6. The van der Waals surface area contributed by atoms with Crippen LogP contribution in [0.4, 0.5) is 9.59 Å². The van der Waals surface area contributed by atoms with Gasteiger partial charge in [-0.05, 0) is 77.1 Å². The first kappa shape index (κ1) is 42.4. The van der Waals surface area contributed by atoms with Crippen LogP contribution in [0.5, 0.6) is 5.75 Å². The zero-order valence-electron chi connectivity index (χ0n) is 36.5. The SMILES string of the molecule is COC[C@@H]1CC(c2nc3ccc4cc5c(cc4c3[nH]2)OCc2cc(-c3cnc([C@@H]4CCCN4C(=O)[C@@H](NC(=O)OC)C(C)C)[nH]3)ccc2-5)N(C(=O)[C@H](NC(=O)OC)c2ccccc2)C1. The fourth-order valence-corrected chi connectivity index (χ4v) is 9.54. The van der Waals surface area contributed by atoms with E-state index in [2.05, 4.69) is 57.0 Å². The Morgan fingerprint density at radius 3 is 2.42 bits per heavy atom. The number of aromatic amines is 2. The van der Waals surface area contributed by atoms with Crippen molar-refractivity contribution in [3.8, 4) is 28.1 Å². The Morgan fingerprint density at radius 1 is 0.859 bits per heavy atom. The third kappa shape index (κ3) is 7.97. The number of carbonyl (C=O) groups excluding carboxylic acids is 4.